The number of hydrogen-bond donors (Lipinski definition) is 0. The summed E-state index contributed by atoms with van der Waals surface area (Å²) in [6, 6.07) is 0. The van der Waals surface area contributed by atoms with E-state index in [9.17, 15) is 0 Å². The summed E-state index contributed by atoms with van der Waals surface area (Å²) >= 11 is 0. The van der Waals surface area contributed by atoms with Crippen molar-refractivity contribution in [2.45, 2.75) is 5.66 Å². The van der Waals surface area contributed by atoms with Crippen LogP contribution in [0.2, 0.25) is 0 Å². The van der Waals surface area contributed by atoms with Gasteiger partial charge in [0.15, 0.2) is 0 Å². The second kappa shape index (κ2) is 2.27. The SMILES string of the molecule is [C]1CPC2C=CC=CC12. The molecule has 46 valence electrons. The summed E-state index contributed by atoms with van der Waals surface area (Å²) in [7, 11) is 1.09. The third-order valence-electron chi connectivity index (χ3n) is 1.81. The first-order valence-corrected chi connectivity index (χ1v) is 4.57. The van der Waals surface area contributed by atoms with E-state index in [1.165, 1.54) is 6.16 Å². The summed E-state index contributed by atoms with van der Waals surface area (Å²) in [5.41, 5.74) is 0.815. The molecule has 1 saturated heterocycles. The molecule has 1 aliphatic heterocycles. The summed E-state index contributed by atoms with van der Waals surface area (Å²) in [5.74, 6) is 0.660. The first kappa shape index (κ1) is 5.68. The topological polar surface area (TPSA) is 0 Å². The van der Waals surface area contributed by atoms with Gasteiger partial charge in [0, 0.05) is 5.66 Å². The maximum Gasteiger partial charge on any atom is 0.00148 e. The Hall–Kier alpha value is -0.0900. The van der Waals surface area contributed by atoms with Crippen LogP contribution in [0.25, 0.3) is 0 Å². The molecule has 1 aliphatic carbocycles. The van der Waals surface area contributed by atoms with Crippen LogP contribution in [0.5, 0.6) is 0 Å². The van der Waals surface area contributed by atoms with Crippen molar-refractivity contribution < 1.29 is 0 Å². The summed E-state index contributed by atoms with van der Waals surface area (Å²) < 4.78 is 0. The number of hydrogen-bond acceptors (Lipinski definition) is 0. The molecule has 2 rings (SSSR count). The number of allylic oxidation sites excluding steroid dienone is 4. The van der Waals surface area contributed by atoms with Crippen molar-refractivity contribution in [1.29, 1.82) is 0 Å². The van der Waals surface area contributed by atoms with Gasteiger partial charge in [-0.1, -0.05) is 24.3 Å². The lowest BCUT2D eigenvalue weighted by molar-refractivity contribution is 0.807. The molecular formula is C8H9P. The van der Waals surface area contributed by atoms with E-state index < -0.39 is 0 Å². The van der Waals surface area contributed by atoms with Gasteiger partial charge >= 0.3 is 0 Å². The molecule has 1 heteroatoms. The average Bonchev–Trinajstić information content (AvgIpc) is 2.33. The molecule has 0 spiro atoms. The molecule has 2 aliphatic rings. The molecular weight excluding hydrogens is 127 g/mol. The van der Waals surface area contributed by atoms with Crippen molar-refractivity contribution in [3.05, 3.63) is 30.7 Å². The van der Waals surface area contributed by atoms with Gasteiger partial charge in [-0.2, -0.15) is 0 Å². The molecule has 9 heavy (non-hydrogen) atoms. The second-order valence-electron chi connectivity index (χ2n) is 2.41. The molecule has 0 N–H and O–H groups in total. The smallest absolute Gasteiger partial charge is 0.00148 e. The first-order chi connectivity index (χ1) is 4.47. The Balaban J connectivity index is 2.18. The van der Waals surface area contributed by atoms with Gasteiger partial charge in [0.05, 0.1) is 0 Å². The van der Waals surface area contributed by atoms with Crippen LogP contribution in [0.15, 0.2) is 24.3 Å². The zero-order chi connectivity index (χ0) is 6.10. The molecule has 0 nitrogen and oxygen atoms in total. The van der Waals surface area contributed by atoms with Gasteiger partial charge in [0.1, 0.15) is 0 Å². The average molecular weight is 136 g/mol. The molecule has 0 aromatic heterocycles. The molecule has 3 atom stereocenters. The van der Waals surface area contributed by atoms with Crippen molar-refractivity contribution in [3.8, 4) is 0 Å². The minimum Gasteiger partial charge on any atom is -0.114 e. The van der Waals surface area contributed by atoms with E-state index in [1.54, 1.807) is 0 Å². The van der Waals surface area contributed by atoms with E-state index in [2.05, 4.69) is 30.7 Å². The van der Waals surface area contributed by atoms with Crippen LogP contribution in [0.1, 0.15) is 0 Å². The monoisotopic (exact) mass is 136 g/mol. The normalized spacial score (nSPS) is 41.8. The highest BCUT2D eigenvalue weighted by atomic mass is 31.1. The van der Waals surface area contributed by atoms with Gasteiger partial charge < -0.3 is 0 Å². The lowest BCUT2D eigenvalue weighted by atomic mass is 9.98. The molecule has 0 saturated carbocycles. The van der Waals surface area contributed by atoms with Crippen molar-refractivity contribution in [3.63, 3.8) is 0 Å². The van der Waals surface area contributed by atoms with Crippen LogP contribution in [-0.2, 0) is 0 Å². The highest BCUT2D eigenvalue weighted by Crippen LogP contribution is 2.39. The number of rotatable bonds is 0. The molecule has 0 amide bonds. The molecule has 2 radical (unpaired) electrons. The Morgan fingerprint density at radius 2 is 2.22 bits per heavy atom. The fourth-order valence-electron chi connectivity index (χ4n) is 1.29. The first-order valence-electron chi connectivity index (χ1n) is 3.28. The van der Waals surface area contributed by atoms with E-state index >= 15 is 0 Å². The Labute approximate surface area is 57.8 Å². The van der Waals surface area contributed by atoms with E-state index in [0.717, 1.165) is 14.2 Å². The van der Waals surface area contributed by atoms with Crippen LogP contribution in [0.4, 0.5) is 0 Å². The van der Waals surface area contributed by atoms with Crippen molar-refractivity contribution in [2.75, 3.05) is 6.16 Å². The highest BCUT2D eigenvalue weighted by Gasteiger charge is 2.24. The van der Waals surface area contributed by atoms with Crippen molar-refractivity contribution >= 4 is 8.58 Å². The van der Waals surface area contributed by atoms with Gasteiger partial charge in [0.2, 0.25) is 0 Å². The fraction of sp³-hybridized carbons (Fsp3) is 0.375. The predicted molar refractivity (Wildman–Crippen MR) is 42.0 cm³/mol. The minimum absolute atomic E-state index is 0.660. The van der Waals surface area contributed by atoms with Crippen LogP contribution in [0.3, 0.4) is 0 Å². The maximum absolute atomic E-state index is 3.43. The zero-order valence-electron chi connectivity index (χ0n) is 5.17. The Morgan fingerprint density at radius 3 is 3.11 bits per heavy atom. The lowest BCUT2D eigenvalue weighted by Crippen LogP contribution is -2.06. The molecule has 1 heterocycles. The van der Waals surface area contributed by atoms with Gasteiger partial charge in [0.25, 0.3) is 0 Å². The quantitative estimate of drug-likeness (QED) is 0.446. The minimum atomic E-state index is 0.660. The van der Waals surface area contributed by atoms with Gasteiger partial charge in [-0.25, -0.2) is 0 Å². The van der Waals surface area contributed by atoms with Crippen molar-refractivity contribution in [1.82, 2.24) is 0 Å². The molecule has 1 fully saturated rings. The summed E-state index contributed by atoms with van der Waals surface area (Å²) in [5, 5.41) is 0. The molecule has 3 unspecified atom stereocenters. The molecule has 0 bridgehead atoms. The summed E-state index contributed by atoms with van der Waals surface area (Å²) in [4.78, 5) is 0. The molecule has 0 aromatic rings. The number of fused-ring (bicyclic) bond motifs is 1. The standard InChI is InChI=1S/C8H9P/c1-2-4-8-7(3-1)5-6-9-8/h1-4,7-9H,6H2. The van der Waals surface area contributed by atoms with Gasteiger partial charge in [-0.05, 0) is 18.5 Å². The highest BCUT2D eigenvalue weighted by molar-refractivity contribution is 7.39. The fourth-order valence-corrected chi connectivity index (χ4v) is 2.61. The molecule has 0 aromatic carbocycles. The van der Waals surface area contributed by atoms with E-state index in [-0.39, 0.29) is 0 Å². The van der Waals surface area contributed by atoms with E-state index in [0.29, 0.717) is 5.92 Å². The summed E-state index contributed by atoms with van der Waals surface area (Å²) in [6.45, 7) is 0. The van der Waals surface area contributed by atoms with Crippen LogP contribution >= 0.6 is 8.58 Å². The van der Waals surface area contributed by atoms with E-state index in [4.69, 9.17) is 0 Å². The Kier molecular flexibility index (Phi) is 1.43. The van der Waals surface area contributed by atoms with Crippen LogP contribution < -0.4 is 0 Å². The lowest BCUT2D eigenvalue weighted by Gasteiger charge is -2.12. The van der Waals surface area contributed by atoms with Crippen LogP contribution in [-0.4, -0.2) is 11.8 Å². The second-order valence-corrected chi connectivity index (χ2v) is 3.83. The Bertz CT molecular complexity index is 140. The van der Waals surface area contributed by atoms with Gasteiger partial charge in [-0.15, -0.1) is 8.58 Å². The third kappa shape index (κ3) is 0.966. The van der Waals surface area contributed by atoms with Gasteiger partial charge in [-0.3, -0.25) is 0 Å². The van der Waals surface area contributed by atoms with E-state index in [1.807, 2.05) is 0 Å². The largest absolute Gasteiger partial charge is 0.114 e. The maximum atomic E-state index is 3.43. The van der Waals surface area contributed by atoms with Crippen molar-refractivity contribution in [2.24, 2.45) is 5.92 Å². The predicted octanol–water partition coefficient (Wildman–Crippen LogP) is 1.87. The van der Waals surface area contributed by atoms with Crippen LogP contribution in [0, 0.1) is 12.3 Å². The Morgan fingerprint density at radius 1 is 1.33 bits per heavy atom. The summed E-state index contributed by atoms with van der Waals surface area (Å²) in [6.07, 6.45) is 13.5. The zero-order valence-corrected chi connectivity index (χ0v) is 6.17. The third-order valence-corrected chi connectivity index (χ3v) is 3.24.